The maximum Gasteiger partial charge on any atom is 0.188 e. The first-order chi connectivity index (χ1) is 13.5. The molecule has 4 nitrogen and oxygen atoms in total. The van der Waals surface area contributed by atoms with Crippen LogP contribution in [-0.4, -0.2) is 17.4 Å². The van der Waals surface area contributed by atoms with E-state index < -0.39 is 0 Å². The number of nitrogens with one attached hydrogen (secondary N) is 1. The molecule has 0 radical (unpaired) electrons. The fraction of sp³-hybridized carbons (Fsp3) is 0.304. The summed E-state index contributed by atoms with van der Waals surface area (Å²) in [6, 6.07) is 16.4. The molecule has 1 aliphatic heterocycles. The van der Waals surface area contributed by atoms with E-state index in [9.17, 15) is 0 Å². The topological polar surface area (TPSA) is 46.5 Å². The lowest BCUT2D eigenvalue weighted by Crippen LogP contribution is -2.10. The van der Waals surface area contributed by atoms with Gasteiger partial charge in [0.1, 0.15) is 17.3 Å². The third-order valence-electron chi connectivity index (χ3n) is 4.72. The van der Waals surface area contributed by atoms with Gasteiger partial charge in [-0.15, -0.1) is 11.3 Å². The molecule has 0 spiro atoms. The van der Waals surface area contributed by atoms with E-state index >= 15 is 0 Å². The molecular formula is C23H25N3OS. The van der Waals surface area contributed by atoms with E-state index in [2.05, 4.69) is 54.7 Å². The zero-order valence-electron chi connectivity index (χ0n) is 16.5. The van der Waals surface area contributed by atoms with Gasteiger partial charge in [0.25, 0.3) is 0 Å². The van der Waals surface area contributed by atoms with Gasteiger partial charge in [-0.1, -0.05) is 45.0 Å². The van der Waals surface area contributed by atoms with E-state index in [1.54, 1.807) is 11.3 Å². The number of hydrogen-bond acceptors (Lipinski definition) is 5. The third kappa shape index (κ3) is 4.25. The predicted molar refractivity (Wildman–Crippen MR) is 118 cm³/mol. The lowest BCUT2D eigenvalue weighted by molar-refractivity contribution is 0.480. The molecule has 5 heteroatoms. The van der Waals surface area contributed by atoms with Crippen LogP contribution in [0.1, 0.15) is 39.2 Å². The molecule has 0 atom stereocenters. The monoisotopic (exact) mass is 391 g/mol. The number of thiazole rings is 1. The van der Waals surface area contributed by atoms with Crippen LogP contribution in [-0.2, 0) is 5.41 Å². The summed E-state index contributed by atoms with van der Waals surface area (Å²) in [4.78, 5) is 9.21. The Kier molecular flexibility index (Phi) is 5.18. The standard InChI is InChI=1S/C23H25N3OS/c1-23(2,3)16-8-6-9-17(14-16)27-20-11-5-4-10-18(20)19-15-28-22(25-19)26-21-12-7-13-24-21/h4-6,8-11,14-15H,7,12-13H2,1-3H3,(H,24,25,26). The lowest BCUT2D eigenvalue weighted by Gasteiger charge is -2.20. The van der Waals surface area contributed by atoms with E-state index in [4.69, 9.17) is 9.72 Å². The number of rotatable bonds is 4. The number of nitrogens with zero attached hydrogens (tertiary/aromatic N) is 2. The molecule has 0 fully saturated rings. The first-order valence-corrected chi connectivity index (χ1v) is 10.5. The molecule has 0 amide bonds. The summed E-state index contributed by atoms with van der Waals surface area (Å²) in [5, 5.41) is 6.28. The first kappa shape index (κ1) is 18.7. The van der Waals surface area contributed by atoms with Crippen LogP contribution in [0.3, 0.4) is 0 Å². The number of para-hydroxylation sites is 1. The largest absolute Gasteiger partial charge is 0.457 e. The average Bonchev–Trinajstić information content (AvgIpc) is 3.34. The van der Waals surface area contributed by atoms with Crippen molar-refractivity contribution >= 4 is 22.3 Å². The summed E-state index contributed by atoms with van der Waals surface area (Å²) in [7, 11) is 0. The van der Waals surface area contributed by atoms with Gasteiger partial charge in [-0.05, 0) is 41.7 Å². The van der Waals surface area contributed by atoms with Crippen molar-refractivity contribution < 1.29 is 4.74 Å². The Morgan fingerprint density at radius 2 is 1.93 bits per heavy atom. The van der Waals surface area contributed by atoms with Crippen LogP contribution in [0, 0.1) is 0 Å². The van der Waals surface area contributed by atoms with Gasteiger partial charge in [-0.3, -0.25) is 4.99 Å². The Balaban J connectivity index is 1.59. The minimum atomic E-state index is 0.0807. The van der Waals surface area contributed by atoms with Crippen LogP contribution in [0.25, 0.3) is 11.3 Å². The summed E-state index contributed by atoms with van der Waals surface area (Å²) in [5.74, 6) is 2.68. The van der Waals surface area contributed by atoms with Crippen LogP contribution in [0.2, 0.25) is 0 Å². The molecule has 1 aliphatic rings. The highest BCUT2D eigenvalue weighted by Crippen LogP contribution is 2.36. The van der Waals surface area contributed by atoms with Gasteiger partial charge in [0.15, 0.2) is 5.13 Å². The van der Waals surface area contributed by atoms with Crippen molar-refractivity contribution in [3.8, 4) is 22.8 Å². The zero-order valence-corrected chi connectivity index (χ0v) is 17.3. The number of amidine groups is 1. The molecule has 3 aromatic rings. The Morgan fingerprint density at radius 3 is 2.71 bits per heavy atom. The zero-order chi connectivity index (χ0) is 19.6. The van der Waals surface area contributed by atoms with Gasteiger partial charge in [0, 0.05) is 23.9 Å². The van der Waals surface area contributed by atoms with Crippen molar-refractivity contribution in [1.29, 1.82) is 0 Å². The highest BCUT2D eigenvalue weighted by Gasteiger charge is 2.16. The van der Waals surface area contributed by atoms with Crippen LogP contribution >= 0.6 is 11.3 Å². The normalized spacial score (nSPS) is 14.0. The quantitative estimate of drug-likeness (QED) is 0.552. The fourth-order valence-electron chi connectivity index (χ4n) is 3.14. The van der Waals surface area contributed by atoms with Gasteiger partial charge in [0.05, 0.1) is 5.69 Å². The van der Waals surface area contributed by atoms with E-state index in [0.717, 1.165) is 53.1 Å². The minimum Gasteiger partial charge on any atom is -0.457 e. The summed E-state index contributed by atoms with van der Waals surface area (Å²) in [6.07, 6.45) is 2.11. The van der Waals surface area contributed by atoms with Crippen LogP contribution in [0.4, 0.5) is 5.13 Å². The predicted octanol–water partition coefficient (Wildman–Crippen LogP) is 6.50. The second-order valence-corrected chi connectivity index (χ2v) is 8.83. The van der Waals surface area contributed by atoms with Crippen LogP contribution in [0.15, 0.2) is 58.9 Å². The molecule has 1 N–H and O–H groups in total. The molecule has 0 bridgehead atoms. The Labute approximate surface area is 170 Å². The summed E-state index contributed by atoms with van der Waals surface area (Å²) in [6.45, 7) is 7.53. The van der Waals surface area contributed by atoms with Crippen LogP contribution in [0.5, 0.6) is 11.5 Å². The molecule has 0 unspecified atom stereocenters. The average molecular weight is 392 g/mol. The second-order valence-electron chi connectivity index (χ2n) is 7.97. The van der Waals surface area contributed by atoms with E-state index in [-0.39, 0.29) is 5.41 Å². The minimum absolute atomic E-state index is 0.0807. The third-order valence-corrected chi connectivity index (χ3v) is 5.48. The number of anilines is 1. The molecule has 0 saturated carbocycles. The number of aliphatic imine (C=N–C) groups is 1. The van der Waals surface area contributed by atoms with Gasteiger partial charge < -0.3 is 10.1 Å². The Bertz CT molecular complexity index is 1000. The van der Waals surface area contributed by atoms with Gasteiger partial charge in [-0.2, -0.15) is 0 Å². The summed E-state index contributed by atoms with van der Waals surface area (Å²) in [5.41, 5.74) is 3.23. The highest BCUT2D eigenvalue weighted by molar-refractivity contribution is 7.14. The molecule has 2 heterocycles. The summed E-state index contributed by atoms with van der Waals surface area (Å²) >= 11 is 1.59. The SMILES string of the molecule is CC(C)(C)c1cccc(Oc2ccccc2-c2csc(NC3=NCCC3)n2)c1. The molecular weight excluding hydrogens is 366 g/mol. The smallest absolute Gasteiger partial charge is 0.188 e. The van der Waals surface area contributed by atoms with Crippen LogP contribution < -0.4 is 10.1 Å². The van der Waals surface area contributed by atoms with Crippen molar-refractivity contribution in [1.82, 2.24) is 4.98 Å². The van der Waals surface area contributed by atoms with Crippen molar-refractivity contribution in [2.75, 3.05) is 11.9 Å². The van der Waals surface area contributed by atoms with Gasteiger partial charge in [-0.25, -0.2) is 4.98 Å². The number of benzene rings is 2. The molecule has 144 valence electrons. The van der Waals surface area contributed by atoms with Gasteiger partial charge in [0.2, 0.25) is 0 Å². The lowest BCUT2D eigenvalue weighted by atomic mass is 9.87. The molecule has 28 heavy (non-hydrogen) atoms. The van der Waals surface area contributed by atoms with Crippen molar-refractivity contribution in [2.24, 2.45) is 4.99 Å². The van der Waals surface area contributed by atoms with E-state index in [1.807, 2.05) is 30.3 Å². The van der Waals surface area contributed by atoms with Crippen molar-refractivity contribution in [2.45, 2.75) is 39.0 Å². The molecule has 0 saturated heterocycles. The molecule has 1 aromatic heterocycles. The molecule has 4 rings (SSSR count). The maximum absolute atomic E-state index is 6.26. The summed E-state index contributed by atoms with van der Waals surface area (Å²) < 4.78 is 6.26. The fourth-order valence-corrected chi connectivity index (χ4v) is 3.87. The highest BCUT2D eigenvalue weighted by atomic mass is 32.1. The maximum atomic E-state index is 6.26. The Morgan fingerprint density at radius 1 is 1.07 bits per heavy atom. The van der Waals surface area contributed by atoms with Crippen molar-refractivity contribution in [3.05, 3.63) is 59.5 Å². The van der Waals surface area contributed by atoms with E-state index in [1.165, 1.54) is 5.56 Å². The van der Waals surface area contributed by atoms with Crippen molar-refractivity contribution in [3.63, 3.8) is 0 Å². The van der Waals surface area contributed by atoms with E-state index in [0.29, 0.717) is 0 Å². The number of aromatic nitrogens is 1. The molecule has 2 aromatic carbocycles. The number of ether oxygens (including phenoxy) is 1. The Hall–Kier alpha value is -2.66. The number of hydrogen-bond donors (Lipinski definition) is 1. The van der Waals surface area contributed by atoms with Gasteiger partial charge >= 0.3 is 0 Å². The second kappa shape index (κ2) is 7.76. The first-order valence-electron chi connectivity index (χ1n) is 9.63. The molecule has 0 aliphatic carbocycles.